The van der Waals surface area contributed by atoms with Gasteiger partial charge in [-0.25, -0.2) is 0 Å². The van der Waals surface area contributed by atoms with Gasteiger partial charge >= 0.3 is 0 Å². The molecule has 1 aliphatic rings. The summed E-state index contributed by atoms with van der Waals surface area (Å²) in [6, 6.07) is 7.51. The van der Waals surface area contributed by atoms with E-state index in [-0.39, 0.29) is 11.6 Å². The van der Waals surface area contributed by atoms with Crippen molar-refractivity contribution in [3.8, 4) is 0 Å². The molecule has 1 fully saturated rings. The van der Waals surface area contributed by atoms with Crippen LogP contribution in [0.5, 0.6) is 0 Å². The van der Waals surface area contributed by atoms with E-state index in [2.05, 4.69) is 0 Å². The highest BCUT2D eigenvalue weighted by Gasteiger charge is 2.41. The molecule has 1 aliphatic carbocycles. The van der Waals surface area contributed by atoms with Gasteiger partial charge in [-0.3, -0.25) is 0 Å². The van der Waals surface area contributed by atoms with Crippen molar-refractivity contribution < 1.29 is 5.11 Å². The average Bonchev–Trinajstić information content (AvgIpc) is 2.03. The van der Waals surface area contributed by atoms with E-state index < -0.39 is 0 Å². The second-order valence-corrected chi connectivity index (χ2v) is 4.16. The molecule has 1 aromatic rings. The van der Waals surface area contributed by atoms with E-state index in [1.165, 1.54) is 0 Å². The minimum Gasteiger partial charge on any atom is -0.393 e. The van der Waals surface area contributed by atoms with Crippen LogP contribution < -0.4 is 5.73 Å². The maximum Gasteiger partial charge on any atom is 0.0582 e. The number of hydrogen-bond acceptors (Lipinski definition) is 2. The summed E-state index contributed by atoms with van der Waals surface area (Å²) in [5.74, 6) is 0. The Morgan fingerprint density at radius 1 is 1.31 bits per heavy atom. The van der Waals surface area contributed by atoms with Gasteiger partial charge in [0, 0.05) is 10.6 Å². The molecule has 0 heterocycles. The van der Waals surface area contributed by atoms with Crippen molar-refractivity contribution in [3.05, 3.63) is 34.9 Å². The van der Waals surface area contributed by atoms with E-state index >= 15 is 0 Å². The van der Waals surface area contributed by atoms with Gasteiger partial charge in [0.2, 0.25) is 0 Å². The predicted octanol–water partition coefficient (Wildman–Crippen LogP) is 1.65. The molecule has 70 valence electrons. The highest BCUT2D eigenvalue weighted by molar-refractivity contribution is 6.30. The molecule has 1 aromatic carbocycles. The van der Waals surface area contributed by atoms with Crippen molar-refractivity contribution in [2.75, 3.05) is 0 Å². The summed E-state index contributed by atoms with van der Waals surface area (Å²) in [5, 5.41) is 9.91. The summed E-state index contributed by atoms with van der Waals surface area (Å²) in [4.78, 5) is 0. The first-order valence-corrected chi connectivity index (χ1v) is 4.71. The molecule has 0 atom stereocenters. The highest BCUT2D eigenvalue weighted by atomic mass is 35.5. The molecule has 0 amide bonds. The SMILES string of the molecule is N[C@]1(c2ccc(Cl)cc2)C[C@@H](O)C1. The first kappa shape index (κ1) is 9.00. The maximum absolute atomic E-state index is 9.19. The molecule has 0 unspecified atom stereocenters. The Bertz CT molecular complexity index is 303. The Hall–Kier alpha value is -0.570. The van der Waals surface area contributed by atoms with Crippen LogP contribution in [0.3, 0.4) is 0 Å². The number of hydrogen-bond donors (Lipinski definition) is 2. The number of nitrogens with two attached hydrogens (primary N) is 1. The lowest BCUT2D eigenvalue weighted by Crippen LogP contribution is -2.51. The van der Waals surface area contributed by atoms with Crippen molar-refractivity contribution >= 4 is 11.6 Å². The van der Waals surface area contributed by atoms with Gasteiger partial charge < -0.3 is 10.8 Å². The minimum atomic E-state index is -0.329. The lowest BCUT2D eigenvalue weighted by Gasteiger charge is -2.42. The molecule has 1 saturated carbocycles. The van der Waals surface area contributed by atoms with E-state index in [0.717, 1.165) is 5.56 Å². The first-order valence-electron chi connectivity index (χ1n) is 4.33. The van der Waals surface area contributed by atoms with Crippen LogP contribution in [0.2, 0.25) is 5.02 Å². The average molecular weight is 198 g/mol. The Labute approximate surface area is 82.3 Å². The molecule has 0 bridgehead atoms. The summed E-state index contributed by atoms with van der Waals surface area (Å²) in [6.07, 6.45) is 1.06. The molecular formula is C10H12ClNO. The van der Waals surface area contributed by atoms with Crippen LogP contribution in [-0.2, 0) is 5.54 Å². The van der Waals surface area contributed by atoms with Crippen LogP contribution in [0.25, 0.3) is 0 Å². The zero-order valence-corrected chi connectivity index (χ0v) is 7.96. The molecule has 0 aliphatic heterocycles. The van der Waals surface area contributed by atoms with Gasteiger partial charge in [0.1, 0.15) is 0 Å². The lowest BCUT2D eigenvalue weighted by molar-refractivity contribution is 0.0209. The third-order valence-corrected chi connectivity index (χ3v) is 2.87. The largest absolute Gasteiger partial charge is 0.393 e. The number of aliphatic hydroxyl groups excluding tert-OH is 1. The maximum atomic E-state index is 9.19. The topological polar surface area (TPSA) is 46.2 Å². The van der Waals surface area contributed by atoms with Crippen LogP contribution >= 0.6 is 11.6 Å². The fraction of sp³-hybridized carbons (Fsp3) is 0.400. The van der Waals surface area contributed by atoms with Crippen LogP contribution in [0.4, 0.5) is 0 Å². The zero-order valence-electron chi connectivity index (χ0n) is 7.20. The summed E-state index contributed by atoms with van der Waals surface area (Å²) in [7, 11) is 0. The van der Waals surface area contributed by atoms with Gasteiger partial charge in [-0.2, -0.15) is 0 Å². The molecule has 3 N–H and O–H groups in total. The molecule has 13 heavy (non-hydrogen) atoms. The van der Waals surface area contributed by atoms with Gasteiger partial charge in [-0.05, 0) is 30.5 Å². The van der Waals surface area contributed by atoms with Crippen LogP contribution in [0.1, 0.15) is 18.4 Å². The van der Waals surface area contributed by atoms with Gasteiger partial charge in [0.25, 0.3) is 0 Å². The van der Waals surface area contributed by atoms with Crippen molar-refractivity contribution in [1.82, 2.24) is 0 Å². The molecule has 0 radical (unpaired) electrons. The third kappa shape index (κ3) is 1.57. The second-order valence-electron chi connectivity index (χ2n) is 3.73. The molecule has 0 saturated heterocycles. The second kappa shape index (κ2) is 2.98. The Morgan fingerprint density at radius 3 is 2.31 bits per heavy atom. The van der Waals surface area contributed by atoms with Crippen molar-refractivity contribution in [3.63, 3.8) is 0 Å². The van der Waals surface area contributed by atoms with E-state index in [0.29, 0.717) is 17.9 Å². The summed E-state index contributed by atoms with van der Waals surface area (Å²) in [6.45, 7) is 0. The van der Waals surface area contributed by atoms with Gasteiger partial charge in [0.05, 0.1) is 6.10 Å². The highest BCUT2D eigenvalue weighted by Crippen LogP contribution is 2.39. The quantitative estimate of drug-likeness (QED) is 0.719. The third-order valence-electron chi connectivity index (χ3n) is 2.62. The number of halogens is 1. The first-order chi connectivity index (χ1) is 6.10. The van der Waals surface area contributed by atoms with Crippen LogP contribution in [0, 0.1) is 0 Å². The molecule has 3 heteroatoms. The number of rotatable bonds is 1. The zero-order chi connectivity index (χ0) is 9.47. The van der Waals surface area contributed by atoms with E-state index in [9.17, 15) is 5.11 Å². The van der Waals surface area contributed by atoms with Crippen LogP contribution in [-0.4, -0.2) is 11.2 Å². The fourth-order valence-corrected chi connectivity index (χ4v) is 1.92. The fourth-order valence-electron chi connectivity index (χ4n) is 1.80. The summed E-state index contributed by atoms with van der Waals surface area (Å²) < 4.78 is 0. The van der Waals surface area contributed by atoms with E-state index in [1.54, 1.807) is 0 Å². The Morgan fingerprint density at radius 2 is 1.85 bits per heavy atom. The number of benzene rings is 1. The summed E-state index contributed by atoms with van der Waals surface area (Å²) in [5.41, 5.74) is 6.79. The predicted molar refractivity (Wildman–Crippen MR) is 52.6 cm³/mol. The minimum absolute atomic E-state index is 0.235. The molecular weight excluding hydrogens is 186 g/mol. The van der Waals surface area contributed by atoms with Crippen molar-refractivity contribution in [2.45, 2.75) is 24.5 Å². The van der Waals surface area contributed by atoms with Crippen molar-refractivity contribution in [2.24, 2.45) is 5.73 Å². The van der Waals surface area contributed by atoms with E-state index in [4.69, 9.17) is 17.3 Å². The normalized spacial score (nSPS) is 32.7. The summed E-state index contributed by atoms with van der Waals surface area (Å²) >= 11 is 5.76. The molecule has 0 aromatic heterocycles. The lowest BCUT2D eigenvalue weighted by atomic mass is 9.71. The standard InChI is InChI=1S/C10H12ClNO/c11-8-3-1-7(2-4-8)10(12)5-9(13)6-10/h1-4,9,13H,5-6,12H2/t9-,10-. The molecule has 2 rings (SSSR count). The van der Waals surface area contributed by atoms with Crippen LogP contribution in [0.15, 0.2) is 24.3 Å². The molecule has 0 spiro atoms. The van der Waals surface area contributed by atoms with Gasteiger partial charge in [-0.15, -0.1) is 0 Å². The smallest absolute Gasteiger partial charge is 0.0582 e. The van der Waals surface area contributed by atoms with Crippen molar-refractivity contribution in [1.29, 1.82) is 0 Å². The molecule has 2 nitrogen and oxygen atoms in total. The van der Waals surface area contributed by atoms with E-state index in [1.807, 2.05) is 24.3 Å². The van der Waals surface area contributed by atoms with Gasteiger partial charge in [-0.1, -0.05) is 23.7 Å². The Balaban J connectivity index is 2.22. The van der Waals surface area contributed by atoms with Gasteiger partial charge in [0.15, 0.2) is 0 Å². The monoisotopic (exact) mass is 197 g/mol. The number of aliphatic hydroxyl groups is 1. The Kier molecular flexibility index (Phi) is 2.06.